The highest BCUT2D eigenvalue weighted by molar-refractivity contribution is 6.31. The highest BCUT2D eigenvalue weighted by atomic mass is 35.5. The van der Waals surface area contributed by atoms with E-state index < -0.39 is 17.7 Å². The Labute approximate surface area is 145 Å². The van der Waals surface area contributed by atoms with E-state index in [4.69, 9.17) is 30.5 Å². The molecule has 0 aliphatic carbocycles. The number of halogens is 1. The van der Waals surface area contributed by atoms with Crippen molar-refractivity contribution in [2.45, 2.75) is 39.6 Å². The van der Waals surface area contributed by atoms with Gasteiger partial charge in [-0.1, -0.05) is 11.6 Å². The molecule has 1 aromatic rings. The fraction of sp³-hybridized carbons (Fsp3) is 0.412. The second-order valence-electron chi connectivity index (χ2n) is 5.93. The summed E-state index contributed by atoms with van der Waals surface area (Å²) in [5.41, 5.74) is 0.170. The molecule has 1 heterocycles. The van der Waals surface area contributed by atoms with Gasteiger partial charge in [-0.3, -0.25) is 0 Å². The van der Waals surface area contributed by atoms with Crippen molar-refractivity contribution in [2.75, 3.05) is 7.11 Å². The Kier molecular flexibility index (Phi) is 5.08. The molecule has 0 radical (unpaired) electrons. The van der Waals surface area contributed by atoms with Gasteiger partial charge < -0.3 is 18.9 Å². The summed E-state index contributed by atoms with van der Waals surface area (Å²) in [6.07, 6.45) is 1.17. The third-order valence-corrected chi connectivity index (χ3v) is 3.26. The maximum atomic E-state index is 12.1. The number of cyclic esters (lactones) is 2. The van der Waals surface area contributed by atoms with Gasteiger partial charge >= 0.3 is 11.9 Å². The molecule has 1 aromatic carbocycles. The average Bonchev–Trinajstić information content (AvgIpc) is 2.43. The van der Waals surface area contributed by atoms with Gasteiger partial charge in [-0.25, -0.2) is 9.59 Å². The molecular weight excluding hydrogens is 336 g/mol. The predicted molar refractivity (Wildman–Crippen MR) is 88.0 cm³/mol. The fourth-order valence-electron chi connectivity index (χ4n) is 2.14. The van der Waals surface area contributed by atoms with Crippen LogP contribution in [0.3, 0.4) is 0 Å². The van der Waals surface area contributed by atoms with Crippen LogP contribution in [0.25, 0.3) is 6.08 Å². The minimum absolute atomic E-state index is 0.151. The Morgan fingerprint density at radius 2 is 1.75 bits per heavy atom. The van der Waals surface area contributed by atoms with E-state index in [0.29, 0.717) is 22.1 Å². The molecule has 24 heavy (non-hydrogen) atoms. The van der Waals surface area contributed by atoms with Gasteiger partial charge in [-0.15, -0.1) is 0 Å². The molecule has 2 rings (SSSR count). The summed E-state index contributed by atoms with van der Waals surface area (Å²) < 4.78 is 21.2. The minimum Gasteiger partial charge on any atom is -0.493 e. The molecule has 1 fully saturated rings. The monoisotopic (exact) mass is 354 g/mol. The molecule has 0 N–H and O–H groups in total. The van der Waals surface area contributed by atoms with E-state index in [1.54, 1.807) is 12.1 Å². The number of hydrogen-bond acceptors (Lipinski definition) is 6. The van der Waals surface area contributed by atoms with Crippen LogP contribution in [0, 0.1) is 0 Å². The Morgan fingerprint density at radius 3 is 2.25 bits per heavy atom. The van der Waals surface area contributed by atoms with E-state index in [-0.39, 0.29) is 11.7 Å². The lowest BCUT2D eigenvalue weighted by atomic mass is 10.1. The highest BCUT2D eigenvalue weighted by Crippen LogP contribution is 2.37. The number of carbonyl (C=O) groups excluding carboxylic acids is 2. The zero-order valence-corrected chi connectivity index (χ0v) is 14.9. The van der Waals surface area contributed by atoms with E-state index in [2.05, 4.69) is 0 Å². The van der Waals surface area contributed by atoms with Gasteiger partial charge in [0.25, 0.3) is 5.79 Å². The summed E-state index contributed by atoms with van der Waals surface area (Å²) in [5, 5.41) is 0.368. The van der Waals surface area contributed by atoms with Gasteiger partial charge in [-0.2, -0.15) is 0 Å². The number of benzene rings is 1. The zero-order valence-electron chi connectivity index (χ0n) is 14.1. The molecule has 1 aliphatic heterocycles. The number of carbonyl (C=O) groups is 2. The van der Waals surface area contributed by atoms with Crippen molar-refractivity contribution in [3.63, 3.8) is 0 Å². The maximum absolute atomic E-state index is 12.1. The van der Waals surface area contributed by atoms with E-state index in [9.17, 15) is 9.59 Å². The van der Waals surface area contributed by atoms with Crippen molar-refractivity contribution in [2.24, 2.45) is 0 Å². The second-order valence-corrected chi connectivity index (χ2v) is 6.37. The standard InChI is InChI=1S/C17H19ClO6/c1-9(2)22-14-10(6-11(18)8-13(14)21-5)7-12-15(19)23-17(3,4)24-16(12)20/h6-9H,1-5H3. The number of methoxy groups -OCH3 is 1. The van der Waals surface area contributed by atoms with Gasteiger partial charge in [0.2, 0.25) is 0 Å². The SMILES string of the molecule is COc1cc(Cl)cc(C=C2C(=O)OC(C)(C)OC2=O)c1OC(C)C. The van der Waals surface area contributed by atoms with Crippen LogP contribution in [-0.4, -0.2) is 30.9 Å². The van der Waals surface area contributed by atoms with E-state index >= 15 is 0 Å². The molecule has 1 aliphatic rings. The summed E-state index contributed by atoms with van der Waals surface area (Å²) in [6, 6.07) is 3.15. The van der Waals surface area contributed by atoms with E-state index in [0.717, 1.165) is 0 Å². The number of rotatable bonds is 4. The summed E-state index contributed by atoms with van der Waals surface area (Å²) in [4.78, 5) is 24.2. The summed E-state index contributed by atoms with van der Waals surface area (Å²) in [7, 11) is 1.47. The first-order valence-corrected chi connectivity index (χ1v) is 7.73. The molecule has 7 heteroatoms. The normalized spacial score (nSPS) is 16.5. The first-order valence-electron chi connectivity index (χ1n) is 7.35. The molecule has 0 unspecified atom stereocenters. The lowest BCUT2D eigenvalue weighted by Crippen LogP contribution is -2.41. The topological polar surface area (TPSA) is 71.1 Å². The van der Waals surface area contributed by atoms with E-state index in [1.807, 2.05) is 13.8 Å². The van der Waals surface area contributed by atoms with Crippen LogP contribution in [-0.2, 0) is 19.1 Å². The van der Waals surface area contributed by atoms with Crippen LogP contribution in [0.1, 0.15) is 33.3 Å². The molecule has 0 aromatic heterocycles. The molecule has 0 bridgehead atoms. The van der Waals surface area contributed by atoms with E-state index in [1.165, 1.54) is 27.0 Å². The van der Waals surface area contributed by atoms with Crippen molar-refractivity contribution >= 4 is 29.6 Å². The Hall–Kier alpha value is -2.21. The van der Waals surface area contributed by atoms with Crippen LogP contribution in [0.15, 0.2) is 17.7 Å². The first kappa shape index (κ1) is 18.1. The maximum Gasteiger partial charge on any atom is 0.348 e. The van der Waals surface area contributed by atoms with Crippen molar-refractivity contribution in [1.29, 1.82) is 0 Å². The van der Waals surface area contributed by atoms with Crippen molar-refractivity contribution in [3.8, 4) is 11.5 Å². The molecular formula is C17H19ClO6. The van der Waals surface area contributed by atoms with Crippen LogP contribution in [0.2, 0.25) is 5.02 Å². The van der Waals surface area contributed by atoms with Crippen LogP contribution in [0.4, 0.5) is 0 Å². The lowest BCUT2D eigenvalue weighted by Gasteiger charge is -2.29. The number of hydrogen-bond donors (Lipinski definition) is 0. The van der Waals surface area contributed by atoms with Crippen molar-refractivity contribution in [1.82, 2.24) is 0 Å². The Morgan fingerprint density at radius 1 is 1.17 bits per heavy atom. The second kappa shape index (κ2) is 6.73. The molecule has 1 saturated heterocycles. The third-order valence-electron chi connectivity index (χ3n) is 3.04. The molecule has 0 amide bonds. The van der Waals surface area contributed by atoms with Crippen molar-refractivity contribution in [3.05, 3.63) is 28.3 Å². The fourth-order valence-corrected chi connectivity index (χ4v) is 2.36. The zero-order chi connectivity index (χ0) is 18.1. The quantitative estimate of drug-likeness (QED) is 0.469. The van der Waals surface area contributed by atoms with Gasteiger partial charge in [0.05, 0.1) is 13.2 Å². The average molecular weight is 355 g/mol. The van der Waals surface area contributed by atoms with Crippen LogP contribution < -0.4 is 9.47 Å². The first-order chi connectivity index (χ1) is 11.1. The molecule has 0 spiro atoms. The Bertz CT molecular complexity index is 683. The van der Waals surface area contributed by atoms with Gasteiger partial charge in [0, 0.05) is 30.5 Å². The highest BCUT2D eigenvalue weighted by Gasteiger charge is 2.39. The molecule has 0 saturated carbocycles. The summed E-state index contributed by atoms with van der Waals surface area (Å²) in [5.74, 6) is -2.08. The molecule has 6 nitrogen and oxygen atoms in total. The predicted octanol–water partition coefficient (Wildman–Crippen LogP) is 3.36. The smallest absolute Gasteiger partial charge is 0.348 e. The van der Waals surface area contributed by atoms with Crippen LogP contribution >= 0.6 is 11.6 Å². The summed E-state index contributed by atoms with van der Waals surface area (Å²) >= 11 is 6.08. The van der Waals surface area contributed by atoms with Gasteiger partial charge in [0.1, 0.15) is 5.57 Å². The van der Waals surface area contributed by atoms with Crippen LogP contribution in [0.5, 0.6) is 11.5 Å². The van der Waals surface area contributed by atoms with Gasteiger partial charge in [0.15, 0.2) is 11.5 Å². The number of esters is 2. The molecule has 130 valence electrons. The van der Waals surface area contributed by atoms with Crippen molar-refractivity contribution < 1.29 is 28.5 Å². The minimum atomic E-state index is -1.30. The Balaban J connectivity index is 2.53. The lowest BCUT2D eigenvalue weighted by molar-refractivity contribution is -0.222. The van der Waals surface area contributed by atoms with Gasteiger partial charge in [-0.05, 0) is 26.0 Å². The largest absolute Gasteiger partial charge is 0.493 e. The third kappa shape index (κ3) is 4.00. The summed E-state index contributed by atoms with van der Waals surface area (Å²) in [6.45, 7) is 6.65. The molecule has 0 atom stereocenters. The number of ether oxygens (including phenoxy) is 4.